The molecule has 0 aliphatic heterocycles. The number of hydrogen-bond donors (Lipinski definition) is 1. The maximum absolute atomic E-state index is 9.21. The number of aromatic nitrogens is 3. The fourth-order valence-corrected chi connectivity index (χ4v) is 2.08. The zero-order valence-electron chi connectivity index (χ0n) is 12.5. The summed E-state index contributed by atoms with van der Waals surface area (Å²) in [5, 5.41) is 17.2. The van der Waals surface area contributed by atoms with E-state index in [4.69, 9.17) is 9.47 Å². The monoisotopic (exact) mass is 291 g/mol. The normalized spacial score (nSPS) is 10.8. The minimum absolute atomic E-state index is 0.127. The van der Waals surface area contributed by atoms with Gasteiger partial charge in [0.2, 0.25) is 0 Å². The highest BCUT2D eigenvalue weighted by Crippen LogP contribution is 2.13. The van der Waals surface area contributed by atoms with Crippen LogP contribution in [0.15, 0.2) is 24.3 Å². The number of aliphatic hydroxyl groups excluding tert-OH is 1. The molecule has 0 aliphatic carbocycles. The number of methoxy groups -OCH3 is 1. The van der Waals surface area contributed by atoms with Crippen molar-refractivity contribution in [2.75, 3.05) is 13.7 Å². The van der Waals surface area contributed by atoms with Gasteiger partial charge in [-0.25, -0.2) is 4.68 Å². The van der Waals surface area contributed by atoms with Crippen LogP contribution in [0, 0.1) is 6.92 Å². The van der Waals surface area contributed by atoms with Crippen LogP contribution >= 0.6 is 0 Å². The number of nitrogens with zero attached hydrogens (tertiary/aromatic N) is 3. The fraction of sp³-hybridized carbons (Fsp3) is 0.467. The summed E-state index contributed by atoms with van der Waals surface area (Å²) in [4.78, 5) is 0. The highest BCUT2D eigenvalue weighted by molar-refractivity contribution is 5.27. The van der Waals surface area contributed by atoms with E-state index in [9.17, 15) is 5.11 Å². The van der Waals surface area contributed by atoms with E-state index in [2.05, 4.69) is 10.3 Å². The SMILES string of the molecule is COCc1c(CO)nnn1CCCOc1cccc(C)c1. The first-order valence-corrected chi connectivity index (χ1v) is 6.95. The summed E-state index contributed by atoms with van der Waals surface area (Å²) >= 11 is 0. The quantitative estimate of drug-likeness (QED) is 0.750. The lowest BCUT2D eigenvalue weighted by molar-refractivity contribution is 0.172. The molecule has 0 unspecified atom stereocenters. The first-order chi connectivity index (χ1) is 10.2. The molecule has 1 aromatic heterocycles. The molecule has 0 saturated carbocycles. The molecule has 0 aliphatic rings. The Morgan fingerprint density at radius 2 is 2.19 bits per heavy atom. The summed E-state index contributed by atoms with van der Waals surface area (Å²) in [6, 6.07) is 7.97. The van der Waals surface area contributed by atoms with Gasteiger partial charge in [-0.15, -0.1) is 5.10 Å². The highest BCUT2D eigenvalue weighted by atomic mass is 16.5. The molecule has 0 atom stereocenters. The van der Waals surface area contributed by atoms with Gasteiger partial charge in [0.25, 0.3) is 0 Å². The summed E-state index contributed by atoms with van der Waals surface area (Å²) in [5.74, 6) is 0.877. The van der Waals surface area contributed by atoms with Crippen LogP contribution < -0.4 is 4.74 Å². The van der Waals surface area contributed by atoms with E-state index in [0.29, 0.717) is 25.5 Å². The number of benzene rings is 1. The summed E-state index contributed by atoms with van der Waals surface area (Å²) in [5.41, 5.74) is 2.56. The summed E-state index contributed by atoms with van der Waals surface area (Å²) in [6.45, 7) is 3.58. The molecule has 0 spiro atoms. The Morgan fingerprint density at radius 3 is 2.90 bits per heavy atom. The minimum Gasteiger partial charge on any atom is -0.494 e. The molecule has 1 aromatic carbocycles. The lowest BCUT2D eigenvalue weighted by Crippen LogP contribution is -2.10. The lowest BCUT2D eigenvalue weighted by Gasteiger charge is -2.08. The first-order valence-electron chi connectivity index (χ1n) is 6.95. The summed E-state index contributed by atoms with van der Waals surface area (Å²) in [6.07, 6.45) is 0.804. The van der Waals surface area contributed by atoms with Gasteiger partial charge in [-0.3, -0.25) is 0 Å². The van der Waals surface area contributed by atoms with Crippen LogP contribution in [0.4, 0.5) is 0 Å². The second-order valence-corrected chi connectivity index (χ2v) is 4.82. The molecule has 1 heterocycles. The van der Waals surface area contributed by atoms with E-state index < -0.39 is 0 Å². The zero-order valence-corrected chi connectivity index (χ0v) is 12.5. The molecule has 0 radical (unpaired) electrons. The fourth-order valence-electron chi connectivity index (χ4n) is 2.08. The molecule has 0 bridgehead atoms. The number of aliphatic hydroxyl groups is 1. The number of aryl methyl sites for hydroxylation is 2. The predicted molar refractivity (Wildman–Crippen MR) is 77.9 cm³/mol. The second-order valence-electron chi connectivity index (χ2n) is 4.82. The Morgan fingerprint density at radius 1 is 1.33 bits per heavy atom. The van der Waals surface area contributed by atoms with Crippen LogP contribution in [0.1, 0.15) is 23.4 Å². The van der Waals surface area contributed by atoms with E-state index in [-0.39, 0.29) is 6.61 Å². The van der Waals surface area contributed by atoms with Crippen molar-refractivity contribution in [3.8, 4) is 5.75 Å². The second kappa shape index (κ2) is 7.75. The number of ether oxygens (including phenoxy) is 2. The summed E-state index contributed by atoms with van der Waals surface area (Å²) in [7, 11) is 1.61. The Kier molecular flexibility index (Phi) is 5.71. The lowest BCUT2D eigenvalue weighted by atomic mass is 10.2. The standard InChI is InChI=1S/C15H21N3O3/c1-12-5-3-6-13(9-12)21-8-4-7-18-15(11-20-2)14(10-19)16-17-18/h3,5-6,9,19H,4,7-8,10-11H2,1-2H3. The minimum atomic E-state index is -0.127. The molecule has 2 rings (SSSR count). The molecular weight excluding hydrogens is 270 g/mol. The molecule has 114 valence electrons. The van der Waals surface area contributed by atoms with Crippen molar-refractivity contribution < 1.29 is 14.6 Å². The van der Waals surface area contributed by atoms with Gasteiger partial charge < -0.3 is 14.6 Å². The topological polar surface area (TPSA) is 69.4 Å². The van der Waals surface area contributed by atoms with E-state index in [1.807, 2.05) is 31.2 Å². The molecule has 0 amide bonds. The van der Waals surface area contributed by atoms with Gasteiger partial charge in [0.05, 0.1) is 25.5 Å². The highest BCUT2D eigenvalue weighted by Gasteiger charge is 2.11. The zero-order chi connectivity index (χ0) is 15.1. The number of hydrogen-bond acceptors (Lipinski definition) is 5. The average Bonchev–Trinajstić information content (AvgIpc) is 2.86. The van der Waals surface area contributed by atoms with Crippen molar-refractivity contribution >= 4 is 0 Å². The van der Waals surface area contributed by atoms with Crippen LogP contribution in [0.2, 0.25) is 0 Å². The van der Waals surface area contributed by atoms with Gasteiger partial charge in [0.1, 0.15) is 11.4 Å². The molecule has 0 fully saturated rings. The molecule has 2 aromatic rings. The van der Waals surface area contributed by atoms with E-state index in [1.54, 1.807) is 11.8 Å². The van der Waals surface area contributed by atoms with Crippen LogP contribution in [-0.4, -0.2) is 33.8 Å². The maximum atomic E-state index is 9.21. The van der Waals surface area contributed by atoms with Crippen molar-refractivity contribution in [3.63, 3.8) is 0 Å². The Labute approximate surface area is 124 Å². The molecule has 1 N–H and O–H groups in total. The van der Waals surface area contributed by atoms with E-state index in [1.165, 1.54) is 5.56 Å². The van der Waals surface area contributed by atoms with Crippen molar-refractivity contribution in [2.45, 2.75) is 33.1 Å². The van der Waals surface area contributed by atoms with Crippen molar-refractivity contribution in [3.05, 3.63) is 41.2 Å². The van der Waals surface area contributed by atoms with Crippen molar-refractivity contribution in [1.29, 1.82) is 0 Å². The Bertz CT molecular complexity index is 569. The van der Waals surface area contributed by atoms with Crippen molar-refractivity contribution in [2.24, 2.45) is 0 Å². The summed E-state index contributed by atoms with van der Waals surface area (Å²) < 4.78 is 12.6. The Balaban J connectivity index is 1.84. The van der Waals surface area contributed by atoms with Gasteiger partial charge in [-0.1, -0.05) is 17.3 Å². The molecular formula is C15H21N3O3. The van der Waals surface area contributed by atoms with Gasteiger partial charge in [0.15, 0.2) is 0 Å². The van der Waals surface area contributed by atoms with Crippen LogP contribution in [-0.2, 0) is 24.5 Å². The van der Waals surface area contributed by atoms with Crippen molar-refractivity contribution in [1.82, 2.24) is 15.0 Å². The van der Waals surface area contributed by atoms with Gasteiger partial charge in [-0.2, -0.15) is 0 Å². The molecule has 21 heavy (non-hydrogen) atoms. The largest absolute Gasteiger partial charge is 0.494 e. The predicted octanol–water partition coefficient (Wildman–Crippen LogP) is 1.69. The van der Waals surface area contributed by atoms with E-state index in [0.717, 1.165) is 17.9 Å². The smallest absolute Gasteiger partial charge is 0.119 e. The molecule has 6 nitrogen and oxygen atoms in total. The van der Waals surface area contributed by atoms with Gasteiger partial charge >= 0.3 is 0 Å². The first kappa shape index (κ1) is 15.5. The third-order valence-electron chi connectivity index (χ3n) is 3.12. The van der Waals surface area contributed by atoms with Crippen LogP contribution in [0.5, 0.6) is 5.75 Å². The Hall–Kier alpha value is -1.92. The van der Waals surface area contributed by atoms with Crippen LogP contribution in [0.25, 0.3) is 0 Å². The number of rotatable bonds is 8. The van der Waals surface area contributed by atoms with Gasteiger partial charge in [0, 0.05) is 20.1 Å². The third kappa shape index (κ3) is 4.27. The molecule has 0 saturated heterocycles. The third-order valence-corrected chi connectivity index (χ3v) is 3.12. The molecule has 6 heteroatoms. The van der Waals surface area contributed by atoms with Crippen LogP contribution in [0.3, 0.4) is 0 Å². The van der Waals surface area contributed by atoms with E-state index >= 15 is 0 Å². The van der Waals surface area contributed by atoms with Gasteiger partial charge in [-0.05, 0) is 24.6 Å². The average molecular weight is 291 g/mol. The maximum Gasteiger partial charge on any atom is 0.119 e.